The number of amides is 2. The number of nitrogens with zero attached hydrogens (tertiary/aromatic N) is 2. The van der Waals surface area contributed by atoms with Crippen LogP contribution in [-0.4, -0.2) is 62.0 Å². The molecular formula is C32H35N3O4. The first-order chi connectivity index (χ1) is 19.1. The minimum atomic E-state index is -0.502. The lowest BCUT2D eigenvalue weighted by Crippen LogP contribution is -2.50. The summed E-state index contributed by atoms with van der Waals surface area (Å²) in [6, 6.07) is 19.7. The van der Waals surface area contributed by atoms with E-state index in [9.17, 15) is 9.59 Å². The summed E-state index contributed by atoms with van der Waals surface area (Å²) >= 11 is 0. The Balaban J connectivity index is 1.22. The van der Waals surface area contributed by atoms with Gasteiger partial charge >= 0.3 is 0 Å². The smallest absolute Gasteiger partial charge is 0.254 e. The van der Waals surface area contributed by atoms with Crippen molar-refractivity contribution in [3.8, 4) is 11.5 Å². The molecule has 7 nitrogen and oxygen atoms in total. The summed E-state index contributed by atoms with van der Waals surface area (Å²) in [5.41, 5.74) is 6.29. The molecule has 0 aromatic heterocycles. The number of methoxy groups -OCH3 is 2. The number of hydrogen-bond donors (Lipinski definition) is 1. The first kappa shape index (κ1) is 25.4. The van der Waals surface area contributed by atoms with Crippen LogP contribution in [-0.2, 0) is 24.2 Å². The molecule has 3 aliphatic heterocycles. The predicted octanol–water partition coefficient (Wildman–Crippen LogP) is 4.11. The summed E-state index contributed by atoms with van der Waals surface area (Å²) in [6.45, 7) is 4.09. The van der Waals surface area contributed by atoms with E-state index in [1.165, 1.54) is 11.1 Å². The van der Waals surface area contributed by atoms with Gasteiger partial charge in [-0.3, -0.25) is 14.5 Å². The van der Waals surface area contributed by atoms with Crippen molar-refractivity contribution in [3.05, 3.63) is 94.0 Å². The van der Waals surface area contributed by atoms with E-state index in [1.807, 2.05) is 41.3 Å². The monoisotopic (exact) mass is 525 g/mol. The number of rotatable bonds is 7. The molecule has 3 aliphatic rings. The Morgan fingerprint density at radius 3 is 2.44 bits per heavy atom. The molecule has 6 rings (SSSR count). The van der Waals surface area contributed by atoms with Gasteiger partial charge in [-0.2, -0.15) is 0 Å². The van der Waals surface area contributed by atoms with Crippen molar-refractivity contribution in [2.45, 2.75) is 37.8 Å². The summed E-state index contributed by atoms with van der Waals surface area (Å²) < 4.78 is 11.1. The highest BCUT2D eigenvalue weighted by Crippen LogP contribution is 2.48. The highest BCUT2D eigenvalue weighted by atomic mass is 16.5. The minimum absolute atomic E-state index is 0.0227. The maximum absolute atomic E-state index is 13.9. The Labute approximate surface area is 229 Å². The number of carbonyl (C=O) groups is 2. The molecule has 3 heterocycles. The standard InChI is InChI=1S/C32H35N3O4/c1-38-27-18-22-13-17-35-30(26(22)19-28(27)39-2)29(24-10-5-6-11-25(24)32(35)37)31(36)33-14-7-15-34-16-12-21-8-3-4-9-23(21)20-34/h3-6,8-11,18-19,29-30H,7,12-17,20H2,1-2H3,(H,33,36)/t29-,30-/m0/s1. The molecule has 0 saturated carbocycles. The topological polar surface area (TPSA) is 71.1 Å². The van der Waals surface area contributed by atoms with Gasteiger partial charge < -0.3 is 19.7 Å². The second-order valence-corrected chi connectivity index (χ2v) is 10.6. The zero-order valence-corrected chi connectivity index (χ0v) is 22.6. The average Bonchev–Trinajstić information content (AvgIpc) is 2.98. The van der Waals surface area contributed by atoms with Gasteiger partial charge in [-0.1, -0.05) is 42.5 Å². The Morgan fingerprint density at radius 2 is 1.62 bits per heavy atom. The highest BCUT2D eigenvalue weighted by molar-refractivity contribution is 6.01. The van der Waals surface area contributed by atoms with Crippen LogP contribution in [0.5, 0.6) is 11.5 Å². The fourth-order valence-corrected chi connectivity index (χ4v) is 6.51. The van der Waals surface area contributed by atoms with Crippen LogP contribution in [0.4, 0.5) is 0 Å². The fraction of sp³-hybridized carbons (Fsp3) is 0.375. The number of fused-ring (bicyclic) bond motifs is 5. The van der Waals surface area contributed by atoms with E-state index in [2.05, 4.69) is 34.5 Å². The molecule has 0 spiro atoms. The molecule has 0 radical (unpaired) electrons. The second kappa shape index (κ2) is 10.7. The number of ether oxygens (including phenoxy) is 2. The summed E-state index contributed by atoms with van der Waals surface area (Å²) in [5.74, 6) is 0.695. The van der Waals surface area contributed by atoms with Crippen LogP contribution < -0.4 is 14.8 Å². The van der Waals surface area contributed by atoms with Crippen molar-refractivity contribution in [1.82, 2.24) is 15.1 Å². The van der Waals surface area contributed by atoms with Crippen LogP contribution in [0.1, 0.15) is 56.6 Å². The van der Waals surface area contributed by atoms with Crippen LogP contribution in [0.25, 0.3) is 0 Å². The zero-order valence-electron chi connectivity index (χ0n) is 22.6. The summed E-state index contributed by atoms with van der Waals surface area (Å²) in [5, 5.41) is 3.22. The van der Waals surface area contributed by atoms with Gasteiger partial charge in [0.05, 0.1) is 26.2 Å². The highest BCUT2D eigenvalue weighted by Gasteiger charge is 2.46. The van der Waals surface area contributed by atoms with Crippen LogP contribution in [0, 0.1) is 0 Å². The number of carbonyl (C=O) groups excluding carboxylic acids is 2. The van der Waals surface area contributed by atoms with E-state index in [0.29, 0.717) is 36.6 Å². The van der Waals surface area contributed by atoms with Gasteiger partial charge in [0.25, 0.3) is 5.91 Å². The Kier molecular flexibility index (Phi) is 7.00. The Morgan fingerprint density at radius 1 is 0.897 bits per heavy atom. The Bertz CT molecular complexity index is 1400. The normalized spacial score (nSPS) is 19.8. The molecule has 1 N–H and O–H groups in total. The molecule has 0 bridgehead atoms. The lowest BCUT2D eigenvalue weighted by molar-refractivity contribution is -0.124. The van der Waals surface area contributed by atoms with Crippen LogP contribution in [0.15, 0.2) is 60.7 Å². The maximum Gasteiger partial charge on any atom is 0.254 e. The predicted molar refractivity (Wildman–Crippen MR) is 149 cm³/mol. The minimum Gasteiger partial charge on any atom is -0.493 e. The van der Waals surface area contributed by atoms with Gasteiger partial charge in [0.15, 0.2) is 11.5 Å². The Hall–Kier alpha value is -3.84. The van der Waals surface area contributed by atoms with E-state index in [1.54, 1.807) is 14.2 Å². The van der Waals surface area contributed by atoms with E-state index in [4.69, 9.17) is 9.47 Å². The summed E-state index contributed by atoms with van der Waals surface area (Å²) in [6.07, 6.45) is 2.64. The van der Waals surface area contributed by atoms with Crippen molar-refractivity contribution in [2.75, 3.05) is 40.4 Å². The molecule has 7 heteroatoms. The van der Waals surface area contributed by atoms with Gasteiger partial charge in [-0.05, 0) is 65.3 Å². The SMILES string of the molecule is COc1cc2c(cc1OC)[C@H]1[C@@H](C(=O)NCCCN3CCc4ccccc4C3)c3ccccc3C(=O)N1CC2. The quantitative estimate of drug-likeness (QED) is 0.471. The molecule has 3 aromatic rings. The fourth-order valence-electron chi connectivity index (χ4n) is 6.51. The first-order valence-corrected chi connectivity index (χ1v) is 13.8. The van der Waals surface area contributed by atoms with Crippen molar-refractivity contribution in [3.63, 3.8) is 0 Å². The average molecular weight is 526 g/mol. The molecule has 3 aromatic carbocycles. The van der Waals surface area contributed by atoms with Crippen molar-refractivity contribution in [1.29, 1.82) is 0 Å². The molecule has 39 heavy (non-hydrogen) atoms. The zero-order chi connectivity index (χ0) is 26.9. The van der Waals surface area contributed by atoms with Gasteiger partial charge in [0.2, 0.25) is 5.91 Å². The van der Waals surface area contributed by atoms with Crippen LogP contribution in [0.2, 0.25) is 0 Å². The van der Waals surface area contributed by atoms with E-state index in [0.717, 1.165) is 49.2 Å². The summed E-state index contributed by atoms with van der Waals surface area (Å²) in [4.78, 5) is 31.8. The summed E-state index contributed by atoms with van der Waals surface area (Å²) in [7, 11) is 3.23. The molecule has 2 atom stereocenters. The van der Waals surface area contributed by atoms with E-state index < -0.39 is 12.0 Å². The van der Waals surface area contributed by atoms with Crippen LogP contribution in [0.3, 0.4) is 0 Å². The number of nitrogens with one attached hydrogen (secondary N) is 1. The largest absolute Gasteiger partial charge is 0.493 e. The van der Waals surface area contributed by atoms with Crippen molar-refractivity contribution < 1.29 is 19.1 Å². The van der Waals surface area contributed by atoms with E-state index in [-0.39, 0.29) is 11.8 Å². The van der Waals surface area contributed by atoms with Crippen LogP contribution >= 0.6 is 0 Å². The number of benzene rings is 3. The third-order valence-corrected chi connectivity index (χ3v) is 8.47. The molecule has 0 fully saturated rings. The first-order valence-electron chi connectivity index (χ1n) is 13.8. The van der Waals surface area contributed by atoms with Gasteiger partial charge in [0, 0.05) is 38.3 Å². The molecular weight excluding hydrogens is 490 g/mol. The molecule has 0 aliphatic carbocycles. The third-order valence-electron chi connectivity index (χ3n) is 8.47. The lowest BCUT2D eigenvalue weighted by Gasteiger charge is -2.45. The van der Waals surface area contributed by atoms with Gasteiger partial charge in [0.1, 0.15) is 0 Å². The molecule has 0 saturated heterocycles. The second-order valence-electron chi connectivity index (χ2n) is 10.6. The number of hydrogen-bond acceptors (Lipinski definition) is 5. The third kappa shape index (κ3) is 4.65. The molecule has 202 valence electrons. The molecule has 2 amide bonds. The van der Waals surface area contributed by atoms with Gasteiger partial charge in [-0.15, -0.1) is 0 Å². The lowest BCUT2D eigenvalue weighted by atomic mass is 9.75. The van der Waals surface area contributed by atoms with Crippen molar-refractivity contribution >= 4 is 11.8 Å². The van der Waals surface area contributed by atoms with E-state index >= 15 is 0 Å². The maximum atomic E-state index is 13.9. The molecule has 0 unspecified atom stereocenters. The van der Waals surface area contributed by atoms with Crippen molar-refractivity contribution in [2.24, 2.45) is 0 Å². The van der Waals surface area contributed by atoms with Gasteiger partial charge in [-0.25, -0.2) is 0 Å².